The van der Waals surface area contributed by atoms with Crippen LogP contribution in [0.25, 0.3) is 0 Å². The Balaban J connectivity index is 1.83. The van der Waals surface area contributed by atoms with Gasteiger partial charge in [0, 0.05) is 5.56 Å². The van der Waals surface area contributed by atoms with E-state index in [1.165, 1.54) is 12.3 Å². The van der Waals surface area contributed by atoms with Crippen LogP contribution in [-0.4, -0.2) is 18.7 Å². The van der Waals surface area contributed by atoms with Gasteiger partial charge >= 0.3 is 0 Å². The topological polar surface area (TPSA) is 50.7 Å². The molecule has 1 amide bonds. The normalized spacial score (nSPS) is 10.6. The lowest BCUT2D eigenvalue weighted by atomic mass is 10.2. The summed E-state index contributed by atoms with van der Waals surface area (Å²) >= 11 is 0. The Kier molecular flexibility index (Phi) is 5.04. The van der Waals surface area contributed by atoms with Crippen molar-refractivity contribution >= 4 is 12.1 Å². The minimum absolute atomic E-state index is 0.153. The molecule has 0 heterocycles. The van der Waals surface area contributed by atoms with Gasteiger partial charge in [-0.05, 0) is 24.6 Å². The van der Waals surface area contributed by atoms with Crippen LogP contribution in [0.5, 0.6) is 5.75 Å². The van der Waals surface area contributed by atoms with E-state index in [-0.39, 0.29) is 6.61 Å². The van der Waals surface area contributed by atoms with Crippen molar-refractivity contribution in [2.45, 2.75) is 6.92 Å². The van der Waals surface area contributed by atoms with Crippen LogP contribution in [-0.2, 0) is 4.79 Å². The first-order valence-corrected chi connectivity index (χ1v) is 6.41. The molecule has 2 rings (SSSR count). The molecule has 4 nitrogen and oxygen atoms in total. The first-order valence-electron chi connectivity index (χ1n) is 6.41. The second kappa shape index (κ2) is 7.19. The highest BCUT2D eigenvalue weighted by Crippen LogP contribution is 2.15. The minimum atomic E-state index is -0.411. The quantitative estimate of drug-likeness (QED) is 0.678. The van der Waals surface area contributed by atoms with E-state index in [1.807, 2.05) is 25.1 Å². The van der Waals surface area contributed by atoms with Gasteiger partial charge in [-0.25, -0.2) is 9.82 Å². The minimum Gasteiger partial charge on any atom is -0.483 e. The molecule has 2 aromatic rings. The highest BCUT2D eigenvalue weighted by atomic mass is 19.1. The number of halogens is 1. The number of benzene rings is 2. The first-order chi connectivity index (χ1) is 10.2. The van der Waals surface area contributed by atoms with Crippen LogP contribution in [0, 0.1) is 12.7 Å². The van der Waals surface area contributed by atoms with Crippen molar-refractivity contribution in [1.82, 2.24) is 5.43 Å². The number of hydrogen-bond acceptors (Lipinski definition) is 3. The van der Waals surface area contributed by atoms with Crippen LogP contribution in [0.1, 0.15) is 11.1 Å². The molecular weight excluding hydrogens is 271 g/mol. The van der Waals surface area contributed by atoms with Crippen LogP contribution in [0.3, 0.4) is 0 Å². The van der Waals surface area contributed by atoms with Crippen LogP contribution < -0.4 is 10.2 Å². The summed E-state index contributed by atoms with van der Waals surface area (Å²) in [6, 6.07) is 13.6. The van der Waals surface area contributed by atoms with E-state index in [9.17, 15) is 9.18 Å². The molecule has 0 radical (unpaired) electrons. The number of carbonyl (C=O) groups excluding carboxylic acids is 1. The highest BCUT2D eigenvalue weighted by Gasteiger charge is 2.03. The molecule has 0 aliphatic heterocycles. The number of para-hydroxylation sites is 1. The predicted molar refractivity (Wildman–Crippen MR) is 78.8 cm³/mol. The third-order valence-corrected chi connectivity index (χ3v) is 2.75. The number of nitrogens with one attached hydrogen (secondary N) is 1. The van der Waals surface area contributed by atoms with Crippen LogP contribution in [0.4, 0.5) is 4.39 Å². The molecule has 0 fully saturated rings. The van der Waals surface area contributed by atoms with E-state index in [4.69, 9.17) is 4.74 Å². The number of carbonyl (C=O) groups is 1. The predicted octanol–water partition coefficient (Wildman–Crippen LogP) is 2.66. The maximum atomic E-state index is 13.3. The van der Waals surface area contributed by atoms with E-state index in [2.05, 4.69) is 10.5 Å². The third kappa shape index (κ3) is 4.42. The van der Waals surface area contributed by atoms with E-state index in [0.717, 1.165) is 5.56 Å². The summed E-state index contributed by atoms with van der Waals surface area (Å²) < 4.78 is 18.7. The average molecular weight is 286 g/mol. The summed E-state index contributed by atoms with van der Waals surface area (Å²) in [4.78, 5) is 11.6. The van der Waals surface area contributed by atoms with Crippen molar-refractivity contribution < 1.29 is 13.9 Å². The molecule has 1 N–H and O–H groups in total. The largest absolute Gasteiger partial charge is 0.483 e. The Hall–Kier alpha value is -2.69. The maximum Gasteiger partial charge on any atom is 0.277 e. The maximum absolute atomic E-state index is 13.3. The second-order valence-corrected chi connectivity index (χ2v) is 4.37. The van der Waals surface area contributed by atoms with Gasteiger partial charge in [0.15, 0.2) is 6.61 Å². The molecule has 21 heavy (non-hydrogen) atoms. The Bertz CT molecular complexity index is 656. The summed E-state index contributed by atoms with van der Waals surface area (Å²) in [5, 5.41) is 3.69. The number of hydrogen-bond donors (Lipinski definition) is 1. The van der Waals surface area contributed by atoms with Gasteiger partial charge in [0.2, 0.25) is 0 Å². The van der Waals surface area contributed by atoms with Gasteiger partial charge in [-0.15, -0.1) is 0 Å². The van der Waals surface area contributed by atoms with E-state index < -0.39 is 11.7 Å². The van der Waals surface area contributed by atoms with Gasteiger partial charge in [-0.3, -0.25) is 4.79 Å². The SMILES string of the molecule is Cc1ccccc1OCC(=O)N/N=C\c1ccccc1F. The molecule has 0 saturated carbocycles. The Morgan fingerprint density at radius 1 is 1.24 bits per heavy atom. The number of rotatable bonds is 5. The highest BCUT2D eigenvalue weighted by molar-refractivity contribution is 5.83. The molecule has 0 unspecified atom stereocenters. The van der Waals surface area contributed by atoms with Crippen LogP contribution in [0.2, 0.25) is 0 Å². The van der Waals surface area contributed by atoms with Crippen molar-refractivity contribution in [2.24, 2.45) is 5.10 Å². The monoisotopic (exact) mass is 286 g/mol. The van der Waals surface area contributed by atoms with Gasteiger partial charge in [0.05, 0.1) is 6.21 Å². The van der Waals surface area contributed by atoms with E-state index in [0.29, 0.717) is 11.3 Å². The van der Waals surface area contributed by atoms with Crippen molar-refractivity contribution in [1.29, 1.82) is 0 Å². The second-order valence-electron chi connectivity index (χ2n) is 4.37. The summed E-state index contributed by atoms with van der Waals surface area (Å²) in [6.07, 6.45) is 1.25. The molecule has 0 aliphatic carbocycles. The molecule has 5 heteroatoms. The lowest BCUT2D eigenvalue weighted by Crippen LogP contribution is -2.24. The lowest BCUT2D eigenvalue weighted by molar-refractivity contribution is -0.123. The van der Waals surface area contributed by atoms with Crippen LogP contribution in [0.15, 0.2) is 53.6 Å². The van der Waals surface area contributed by atoms with E-state index >= 15 is 0 Å². The fraction of sp³-hybridized carbons (Fsp3) is 0.125. The van der Waals surface area contributed by atoms with Crippen molar-refractivity contribution in [3.8, 4) is 5.75 Å². The molecule has 2 aromatic carbocycles. The summed E-state index contributed by atoms with van der Waals surface area (Å²) in [6.45, 7) is 1.74. The van der Waals surface area contributed by atoms with Gasteiger partial charge in [0.1, 0.15) is 11.6 Å². The molecule has 0 aromatic heterocycles. The fourth-order valence-electron chi connectivity index (χ4n) is 1.65. The molecule has 0 saturated heterocycles. The molecule has 108 valence electrons. The van der Waals surface area contributed by atoms with E-state index in [1.54, 1.807) is 24.3 Å². The Morgan fingerprint density at radius 3 is 2.71 bits per heavy atom. The smallest absolute Gasteiger partial charge is 0.277 e. The first kappa shape index (κ1) is 14.7. The lowest BCUT2D eigenvalue weighted by Gasteiger charge is -2.07. The zero-order valence-corrected chi connectivity index (χ0v) is 11.5. The molecule has 0 spiro atoms. The number of amides is 1. The van der Waals surface area contributed by atoms with Gasteiger partial charge in [-0.1, -0.05) is 36.4 Å². The Labute approximate surface area is 122 Å². The van der Waals surface area contributed by atoms with Gasteiger partial charge < -0.3 is 4.74 Å². The summed E-state index contributed by atoms with van der Waals surface area (Å²) in [5.74, 6) is -0.164. The number of ether oxygens (including phenoxy) is 1. The molecule has 0 aliphatic rings. The van der Waals surface area contributed by atoms with Gasteiger partial charge in [0.25, 0.3) is 5.91 Å². The zero-order valence-electron chi connectivity index (χ0n) is 11.5. The fourth-order valence-corrected chi connectivity index (χ4v) is 1.65. The Morgan fingerprint density at radius 2 is 1.95 bits per heavy atom. The van der Waals surface area contributed by atoms with Crippen LogP contribution >= 0.6 is 0 Å². The van der Waals surface area contributed by atoms with Crippen molar-refractivity contribution in [2.75, 3.05) is 6.61 Å². The molecule has 0 atom stereocenters. The average Bonchev–Trinajstić information content (AvgIpc) is 2.48. The summed E-state index contributed by atoms with van der Waals surface area (Å²) in [7, 11) is 0. The van der Waals surface area contributed by atoms with Crippen molar-refractivity contribution in [3.63, 3.8) is 0 Å². The number of hydrazone groups is 1. The zero-order chi connectivity index (χ0) is 15.1. The molecule has 0 bridgehead atoms. The van der Waals surface area contributed by atoms with Gasteiger partial charge in [-0.2, -0.15) is 5.10 Å². The van der Waals surface area contributed by atoms with Crippen molar-refractivity contribution in [3.05, 3.63) is 65.5 Å². The number of aryl methyl sites for hydroxylation is 1. The molecular formula is C16H15FN2O2. The third-order valence-electron chi connectivity index (χ3n) is 2.75. The standard InChI is InChI=1S/C16H15FN2O2/c1-12-6-2-5-9-15(12)21-11-16(20)19-18-10-13-7-3-4-8-14(13)17/h2-10H,11H2,1H3,(H,19,20)/b18-10-. The summed E-state index contributed by atoms with van der Waals surface area (Å²) in [5.41, 5.74) is 3.53. The number of nitrogens with zero attached hydrogens (tertiary/aromatic N) is 1.